The molecule has 32 heavy (non-hydrogen) atoms. The number of fused-ring (bicyclic) bond motifs is 4. The number of aromatic nitrogens is 2. The molecule has 1 spiro atoms. The second kappa shape index (κ2) is 6.94. The van der Waals surface area contributed by atoms with Crippen LogP contribution in [0.15, 0.2) is 48.7 Å². The Hall–Kier alpha value is -4.14. The molecule has 3 amide bonds. The topological polar surface area (TPSA) is 120 Å². The summed E-state index contributed by atoms with van der Waals surface area (Å²) in [6, 6.07) is 12.8. The van der Waals surface area contributed by atoms with E-state index in [1.165, 1.54) is 4.90 Å². The van der Waals surface area contributed by atoms with Gasteiger partial charge in [-0.05, 0) is 42.8 Å². The summed E-state index contributed by atoms with van der Waals surface area (Å²) in [7, 11) is 1.58. The number of benzene rings is 2. The maximum Gasteiger partial charge on any atom is 0.243 e. The molecule has 3 N–H and O–H groups in total. The van der Waals surface area contributed by atoms with E-state index in [1.54, 1.807) is 36.2 Å². The van der Waals surface area contributed by atoms with E-state index in [-0.39, 0.29) is 24.8 Å². The molecule has 5 rings (SSSR count). The van der Waals surface area contributed by atoms with E-state index in [9.17, 15) is 14.4 Å². The Morgan fingerprint density at radius 3 is 2.62 bits per heavy atom. The van der Waals surface area contributed by atoms with Gasteiger partial charge in [-0.15, -0.1) is 0 Å². The minimum Gasteiger partial charge on any atom is -0.497 e. The van der Waals surface area contributed by atoms with Crippen LogP contribution in [0.2, 0.25) is 0 Å². The smallest absolute Gasteiger partial charge is 0.243 e. The minimum absolute atomic E-state index is 0.0845. The molecule has 1 atom stereocenters. The summed E-state index contributed by atoms with van der Waals surface area (Å²) in [5.74, 6) is -0.186. The Balaban J connectivity index is 1.72. The van der Waals surface area contributed by atoms with Crippen LogP contribution in [-0.4, -0.2) is 41.2 Å². The lowest BCUT2D eigenvalue weighted by molar-refractivity contribution is -0.127. The molecule has 2 aliphatic rings. The van der Waals surface area contributed by atoms with Crippen molar-refractivity contribution < 1.29 is 19.1 Å². The number of nitrogens with one attached hydrogen (secondary N) is 1. The molecule has 3 heterocycles. The van der Waals surface area contributed by atoms with Crippen LogP contribution in [0.3, 0.4) is 0 Å². The molecule has 1 aromatic heterocycles. The summed E-state index contributed by atoms with van der Waals surface area (Å²) in [4.78, 5) is 39.8. The molecule has 3 aromatic rings. The third-order valence-corrected chi connectivity index (χ3v) is 6.06. The van der Waals surface area contributed by atoms with Gasteiger partial charge in [-0.25, -0.2) is 4.68 Å². The Morgan fingerprint density at radius 2 is 1.94 bits per heavy atom. The number of ether oxygens (including phenoxy) is 1. The van der Waals surface area contributed by atoms with Crippen molar-refractivity contribution in [2.75, 3.05) is 23.9 Å². The molecule has 0 saturated heterocycles. The third-order valence-electron chi connectivity index (χ3n) is 6.06. The molecule has 0 bridgehead atoms. The van der Waals surface area contributed by atoms with Crippen LogP contribution in [0, 0.1) is 6.92 Å². The number of hydrogen-bond acceptors (Lipinski definition) is 5. The largest absolute Gasteiger partial charge is 0.497 e. The fourth-order valence-electron chi connectivity index (χ4n) is 4.64. The SMILES string of the molecule is COc1ccc(-n2ncc3c2NC(=O)CC32C(=O)N(CC(N)=O)c3ccc(C)cc32)cc1. The van der Waals surface area contributed by atoms with Gasteiger partial charge in [0.25, 0.3) is 0 Å². The number of carbonyl (C=O) groups excluding carboxylic acids is 3. The number of anilines is 2. The molecule has 0 radical (unpaired) electrons. The van der Waals surface area contributed by atoms with Gasteiger partial charge >= 0.3 is 0 Å². The molecule has 2 aliphatic heterocycles. The van der Waals surface area contributed by atoms with Crippen LogP contribution in [-0.2, 0) is 19.8 Å². The number of rotatable bonds is 4. The Bertz CT molecular complexity index is 1280. The number of hydrogen-bond donors (Lipinski definition) is 2. The van der Waals surface area contributed by atoms with Crippen molar-refractivity contribution in [3.8, 4) is 11.4 Å². The highest BCUT2D eigenvalue weighted by atomic mass is 16.5. The van der Waals surface area contributed by atoms with E-state index in [4.69, 9.17) is 10.5 Å². The lowest BCUT2D eigenvalue weighted by atomic mass is 9.71. The fraction of sp³-hybridized carbons (Fsp3) is 0.217. The molecule has 9 nitrogen and oxygen atoms in total. The number of methoxy groups -OCH3 is 1. The van der Waals surface area contributed by atoms with Gasteiger partial charge in [0.2, 0.25) is 17.7 Å². The highest BCUT2D eigenvalue weighted by molar-refractivity contribution is 6.17. The molecule has 0 fully saturated rings. The predicted octanol–water partition coefficient (Wildman–Crippen LogP) is 1.65. The Labute approximate surface area is 183 Å². The van der Waals surface area contributed by atoms with Crippen LogP contribution in [0.4, 0.5) is 11.5 Å². The van der Waals surface area contributed by atoms with Crippen molar-refractivity contribution in [1.82, 2.24) is 9.78 Å². The Morgan fingerprint density at radius 1 is 1.19 bits per heavy atom. The van der Waals surface area contributed by atoms with Crippen LogP contribution in [0.5, 0.6) is 5.75 Å². The molecule has 0 aliphatic carbocycles. The Kier molecular flexibility index (Phi) is 4.30. The minimum atomic E-state index is -1.28. The van der Waals surface area contributed by atoms with Crippen molar-refractivity contribution in [1.29, 1.82) is 0 Å². The quantitative estimate of drug-likeness (QED) is 0.651. The van der Waals surface area contributed by atoms with Gasteiger partial charge in [0.1, 0.15) is 23.5 Å². The average Bonchev–Trinajstić information content (AvgIpc) is 3.28. The number of nitrogens with zero attached hydrogens (tertiary/aromatic N) is 3. The highest BCUT2D eigenvalue weighted by Gasteiger charge is 2.57. The van der Waals surface area contributed by atoms with Crippen molar-refractivity contribution in [3.05, 3.63) is 65.4 Å². The van der Waals surface area contributed by atoms with E-state index >= 15 is 0 Å². The van der Waals surface area contributed by atoms with Crippen LogP contribution in [0.25, 0.3) is 5.69 Å². The van der Waals surface area contributed by atoms with E-state index in [0.29, 0.717) is 34.1 Å². The van der Waals surface area contributed by atoms with Gasteiger partial charge in [-0.2, -0.15) is 5.10 Å². The van der Waals surface area contributed by atoms with E-state index in [1.807, 2.05) is 31.2 Å². The molecule has 9 heteroatoms. The summed E-state index contributed by atoms with van der Waals surface area (Å²) in [5.41, 5.74) is 7.62. The molecule has 162 valence electrons. The van der Waals surface area contributed by atoms with Gasteiger partial charge in [0.15, 0.2) is 0 Å². The van der Waals surface area contributed by atoms with E-state index in [0.717, 1.165) is 5.56 Å². The fourth-order valence-corrected chi connectivity index (χ4v) is 4.64. The second-order valence-corrected chi connectivity index (χ2v) is 8.03. The van der Waals surface area contributed by atoms with Gasteiger partial charge in [-0.1, -0.05) is 17.7 Å². The summed E-state index contributed by atoms with van der Waals surface area (Å²) >= 11 is 0. The highest BCUT2D eigenvalue weighted by Crippen LogP contribution is 2.52. The first kappa shape index (κ1) is 19.8. The standard InChI is InChI=1S/C23H21N5O4/c1-13-3-8-18-16(9-13)23(22(31)27(18)12-19(24)29)10-20(30)26-21-17(23)11-25-28(21)14-4-6-15(32-2)7-5-14/h3-9,11H,10,12H2,1-2H3,(H2,24,29)(H,26,30). The normalized spacial score (nSPS) is 19.0. The third kappa shape index (κ3) is 2.71. The molecular formula is C23H21N5O4. The van der Waals surface area contributed by atoms with Crippen molar-refractivity contribution in [2.45, 2.75) is 18.8 Å². The summed E-state index contributed by atoms with van der Waals surface area (Å²) in [6.45, 7) is 1.65. The van der Waals surface area contributed by atoms with E-state index in [2.05, 4.69) is 10.4 Å². The molecule has 2 aromatic carbocycles. The first-order chi connectivity index (χ1) is 15.3. The number of aryl methyl sites for hydroxylation is 1. The predicted molar refractivity (Wildman–Crippen MR) is 117 cm³/mol. The first-order valence-corrected chi connectivity index (χ1v) is 10.1. The summed E-state index contributed by atoms with van der Waals surface area (Å²) < 4.78 is 6.80. The monoisotopic (exact) mass is 431 g/mol. The number of nitrogens with two attached hydrogens (primary N) is 1. The van der Waals surface area contributed by atoms with Gasteiger partial charge in [-0.3, -0.25) is 14.4 Å². The molecule has 1 unspecified atom stereocenters. The molecular weight excluding hydrogens is 410 g/mol. The zero-order valence-corrected chi connectivity index (χ0v) is 17.6. The van der Waals surface area contributed by atoms with Crippen molar-refractivity contribution in [2.24, 2.45) is 5.73 Å². The molecule has 0 saturated carbocycles. The maximum atomic E-state index is 13.8. The summed E-state index contributed by atoms with van der Waals surface area (Å²) in [5, 5.41) is 7.37. The van der Waals surface area contributed by atoms with Crippen molar-refractivity contribution in [3.63, 3.8) is 0 Å². The zero-order chi connectivity index (χ0) is 22.6. The van der Waals surface area contributed by atoms with Crippen molar-refractivity contribution >= 4 is 29.2 Å². The number of carbonyl (C=O) groups is 3. The van der Waals surface area contributed by atoms with Crippen LogP contribution >= 0.6 is 0 Å². The zero-order valence-electron chi connectivity index (χ0n) is 17.6. The maximum absolute atomic E-state index is 13.8. The van der Waals surface area contributed by atoms with E-state index < -0.39 is 11.3 Å². The number of amides is 3. The summed E-state index contributed by atoms with van der Waals surface area (Å²) in [6.07, 6.45) is 1.52. The van der Waals surface area contributed by atoms with Gasteiger partial charge in [0.05, 0.1) is 19.0 Å². The first-order valence-electron chi connectivity index (χ1n) is 10.1. The number of primary amides is 1. The second-order valence-electron chi connectivity index (χ2n) is 8.03. The lowest BCUT2D eigenvalue weighted by Crippen LogP contribution is -2.48. The van der Waals surface area contributed by atoms with Gasteiger partial charge in [0, 0.05) is 17.7 Å². The average molecular weight is 431 g/mol. The van der Waals surface area contributed by atoms with Gasteiger partial charge < -0.3 is 20.7 Å². The van der Waals surface area contributed by atoms with Crippen LogP contribution in [0.1, 0.15) is 23.1 Å². The van der Waals surface area contributed by atoms with Crippen LogP contribution < -0.4 is 20.7 Å². The lowest BCUT2D eigenvalue weighted by Gasteiger charge is -2.32.